The van der Waals surface area contributed by atoms with Gasteiger partial charge in [0.15, 0.2) is 0 Å². The van der Waals surface area contributed by atoms with E-state index in [1.54, 1.807) is 18.3 Å². The number of imidazole rings is 2. The maximum atomic E-state index is 10.6. The van der Waals surface area contributed by atoms with E-state index in [-0.39, 0.29) is 53.8 Å². The number of hydrogen-bond acceptors (Lipinski definition) is 5. The smallest absolute Gasteiger partial charge is 0.870 e. The molecular formula is C25H26Cl2I5N5NaO3V2. The fourth-order valence-electron chi connectivity index (χ4n) is 3.20. The van der Waals surface area contributed by atoms with E-state index in [4.69, 9.17) is 33.6 Å². The maximum absolute atomic E-state index is 10.6. The number of nitrogens with zero attached hydrogens (tertiary/aromatic N) is 5. The van der Waals surface area contributed by atoms with Crippen molar-refractivity contribution in [3.63, 3.8) is 0 Å². The summed E-state index contributed by atoms with van der Waals surface area (Å²) >= 11 is 23.8. The van der Waals surface area contributed by atoms with Crippen molar-refractivity contribution in [1.29, 1.82) is 5.26 Å². The van der Waals surface area contributed by atoms with Crippen LogP contribution in [0, 0.1) is 11.3 Å². The number of aromatic nitrogens is 4. The molecule has 0 aliphatic heterocycles. The molecule has 0 saturated heterocycles. The average Bonchev–Trinajstić information content (AvgIpc) is 3.42. The number of halogens is 7. The molecule has 2 N–H and O–H groups in total. The van der Waals surface area contributed by atoms with Gasteiger partial charge in [0.2, 0.25) is 0 Å². The van der Waals surface area contributed by atoms with Gasteiger partial charge in [-0.2, -0.15) is 5.26 Å². The number of aryl methyl sites for hydroxylation is 2. The van der Waals surface area contributed by atoms with Gasteiger partial charge < -0.3 is 19.7 Å². The van der Waals surface area contributed by atoms with Crippen LogP contribution in [0.5, 0.6) is 0 Å². The van der Waals surface area contributed by atoms with Crippen molar-refractivity contribution in [2.24, 2.45) is 14.1 Å². The molecule has 229 valence electrons. The number of carboxylic acids is 1. The summed E-state index contributed by atoms with van der Waals surface area (Å²) in [5.74, 6) is 0.700. The summed E-state index contributed by atoms with van der Waals surface area (Å²) in [5, 5.41) is 18.7. The predicted molar refractivity (Wildman–Crippen MR) is 207 cm³/mol. The largest absolute Gasteiger partial charge is 1.00 e. The van der Waals surface area contributed by atoms with Crippen LogP contribution in [0.1, 0.15) is 18.8 Å². The Kier molecular flexibility index (Phi) is 32.3. The number of carboxylic acid groups (broad SMARTS) is 1. The van der Waals surface area contributed by atoms with E-state index in [1.807, 2.05) is 65.8 Å². The molecule has 0 amide bonds. The molecule has 0 unspecified atom stereocenters. The number of carbonyl (C=O) groups is 1. The van der Waals surface area contributed by atoms with Crippen LogP contribution in [-0.4, -0.2) is 35.7 Å². The van der Waals surface area contributed by atoms with Crippen molar-refractivity contribution >= 4 is 129 Å². The third-order valence-electron chi connectivity index (χ3n) is 4.65. The van der Waals surface area contributed by atoms with Crippen molar-refractivity contribution in [2.75, 3.05) is 0 Å². The second-order valence-corrected chi connectivity index (χ2v) is 55.5. The third-order valence-corrected chi connectivity index (χ3v) is 5.15. The van der Waals surface area contributed by atoms with E-state index < -0.39 is 5.97 Å². The molecule has 0 aliphatic carbocycles. The van der Waals surface area contributed by atoms with Gasteiger partial charge in [-0.25, -0.2) is 9.97 Å². The Morgan fingerprint density at radius 1 is 0.907 bits per heavy atom. The summed E-state index contributed by atoms with van der Waals surface area (Å²) in [6.07, 6.45) is 3.86. The standard InChI is InChI=1S/C12H10ClN3.C12H11ClN2O2.CH4.5HI.Na.H2O.2V/c1-16-8-11(6-7-14)15-12(16)9-2-4-10(13)5-3-9;1-15-7-10(6-11(16)17)14-12(15)8-2-4-9(13)5-3-8;;;;;;;;;;/h2-5,8H,6H2,1H3;2-5,7H,6H2,1H3,(H,16,17);1H4;5*1H;;1H2;;/q;;;;;;;;+1;;+2;+3/p-6. The van der Waals surface area contributed by atoms with Crippen LogP contribution in [-0.2, 0) is 46.1 Å². The van der Waals surface area contributed by atoms with E-state index in [1.165, 1.54) is 0 Å². The van der Waals surface area contributed by atoms with Crippen LogP contribution in [0.15, 0.2) is 60.9 Å². The average molecular weight is 1270 g/mol. The van der Waals surface area contributed by atoms with E-state index in [0.29, 0.717) is 31.6 Å². The normalized spacial score (nSPS) is 9.05. The summed E-state index contributed by atoms with van der Waals surface area (Å²) in [6, 6.07) is 16.9. The van der Waals surface area contributed by atoms with Gasteiger partial charge in [0.1, 0.15) is 11.6 Å². The molecular weight excluding hydrogens is 1250 g/mol. The fraction of sp³-hybridized carbons (Fsp3) is 0.200. The van der Waals surface area contributed by atoms with Crippen LogP contribution in [0.25, 0.3) is 22.8 Å². The Bertz CT molecular complexity index is 1390. The Morgan fingerprint density at radius 3 is 1.56 bits per heavy atom. The molecule has 8 nitrogen and oxygen atoms in total. The Balaban J connectivity index is -0.000000580. The molecule has 0 radical (unpaired) electrons. The molecule has 0 spiro atoms. The molecule has 0 atom stereocenters. The van der Waals surface area contributed by atoms with Crippen molar-refractivity contribution in [2.45, 2.75) is 20.3 Å². The quantitative estimate of drug-likeness (QED) is 0.169. The van der Waals surface area contributed by atoms with E-state index in [9.17, 15) is 4.79 Å². The Labute approximate surface area is 351 Å². The van der Waals surface area contributed by atoms with Gasteiger partial charge >= 0.3 is 150 Å². The second kappa shape index (κ2) is 28.1. The molecule has 4 rings (SSSR count). The maximum Gasteiger partial charge on any atom is 1.00 e. The summed E-state index contributed by atoms with van der Waals surface area (Å²) in [7, 11) is 4.38. The van der Waals surface area contributed by atoms with E-state index in [2.05, 4.69) is 116 Å². The topological polar surface area (TPSA) is 127 Å². The molecule has 4 aromatic rings. The number of nitriles is 1. The number of hydrogen-bond donors (Lipinski definition) is 1. The molecule has 2 aromatic heterocycles. The van der Waals surface area contributed by atoms with Gasteiger partial charge in [-0.15, -0.1) is 0 Å². The van der Waals surface area contributed by atoms with E-state index in [0.717, 1.165) is 28.5 Å². The minimum absolute atomic E-state index is 0. The number of benzene rings is 2. The van der Waals surface area contributed by atoms with Gasteiger partial charge in [-0.05, 0) is 48.5 Å². The molecule has 0 fully saturated rings. The van der Waals surface area contributed by atoms with Gasteiger partial charge in [0, 0.05) is 47.7 Å². The van der Waals surface area contributed by atoms with Crippen molar-refractivity contribution in [1.82, 2.24) is 19.1 Å². The molecule has 18 heteroatoms. The summed E-state index contributed by atoms with van der Waals surface area (Å²) in [4.78, 5) is 19.0. The first-order chi connectivity index (χ1) is 18.9. The SMILES string of the molecule is C.Cn1cc(CC#N)nc1-c1ccc(Cl)cc1.Cn1cc(CC(=O)O)nc1-c1ccc(Cl)cc1.[I][V]([I])[I].[I][V][I].[Na+].[OH-]. The first-order valence-corrected chi connectivity index (χ1v) is 34.0. The van der Waals surface area contributed by atoms with Gasteiger partial charge in [0.05, 0.1) is 30.3 Å². The summed E-state index contributed by atoms with van der Waals surface area (Å²) in [6.45, 7) is 0. The summed E-state index contributed by atoms with van der Waals surface area (Å²) < 4.78 is 3.72. The Hall–Kier alpha value is 2.18. The van der Waals surface area contributed by atoms with Crippen LogP contribution >= 0.6 is 123 Å². The van der Waals surface area contributed by atoms with E-state index >= 15 is 0 Å². The Morgan fingerprint density at radius 2 is 1.23 bits per heavy atom. The van der Waals surface area contributed by atoms with Crippen LogP contribution in [0.4, 0.5) is 0 Å². The van der Waals surface area contributed by atoms with Crippen LogP contribution in [0.3, 0.4) is 0 Å². The first-order valence-electron chi connectivity index (χ1n) is 10.8. The van der Waals surface area contributed by atoms with Crippen molar-refractivity contribution in [3.8, 4) is 28.8 Å². The van der Waals surface area contributed by atoms with Crippen LogP contribution < -0.4 is 29.6 Å². The van der Waals surface area contributed by atoms with Crippen molar-refractivity contribution in [3.05, 3.63) is 82.4 Å². The first kappa shape index (κ1) is 49.6. The molecule has 43 heavy (non-hydrogen) atoms. The molecule has 0 saturated carbocycles. The molecule has 2 aromatic carbocycles. The molecule has 2 heterocycles. The zero-order valence-electron chi connectivity index (χ0n) is 22.3. The van der Waals surface area contributed by atoms with Crippen LogP contribution in [0.2, 0.25) is 10.0 Å². The van der Waals surface area contributed by atoms with Crippen molar-refractivity contribution < 1.29 is 59.3 Å². The number of aliphatic carboxylic acids is 1. The minimum atomic E-state index is -0.884. The van der Waals surface area contributed by atoms with Gasteiger partial charge in [-0.3, -0.25) is 4.79 Å². The summed E-state index contributed by atoms with van der Waals surface area (Å²) in [5.41, 5.74) is 3.24. The predicted octanol–water partition coefficient (Wildman–Crippen LogP) is 7.06. The van der Waals surface area contributed by atoms with Gasteiger partial charge in [-0.1, -0.05) is 30.6 Å². The third kappa shape index (κ3) is 21.0. The monoisotopic (exact) mass is 1270 g/mol. The van der Waals surface area contributed by atoms with Gasteiger partial charge in [0.25, 0.3) is 0 Å². The molecule has 0 aliphatic rings. The minimum Gasteiger partial charge on any atom is -0.870 e. The zero-order chi connectivity index (χ0) is 30.2. The second-order valence-electron chi connectivity index (χ2n) is 7.51. The molecule has 0 bridgehead atoms. The zero-order valence-corrected chi connectivity index (χ0v) is 39.4. The number of rotatable bonds is 5. The fourth-order valence-corrected chi connectivity index (χ4v) is 3.45.